The van der Waals surface area contributed by atoms with Gasteiger partial charge in [-0.2, -0.15) is 0 Å². The number of carbonyl (C=O) groups is 1. The van der Waals surface area contributed by atoms with Crippen LogP contribution in [0.4, 0.5) is 8.78 Å². The van der Waals surface area contributed by atoms with Crippen LogP contribution in [-0.2, 0) is 11.2 Å². The summed E-state index contributed by atoms with van der Waals surface area (Å²) in [7, 11) is 0. The Balaban J connectivity index is 3.10. The quantitative estimate of drug-likeness (QED) is 0.735. The number of ether oxygens (including phenoxy) is 1. The van der Waals surface area contributed by atoms with Gasteiger partial charge in [-0.1, -0.05) is 12.1 Å². The molecule has 17 heavy (non-hydrogen) atoms. The van der Waals surface area contributed by atoms with E-state index < -0.39 is 6.43 Å². The SMILES string of the molecule is CCOc1cccc(CC(=O)CCl)c1C(F)F. The monoisotopic (exact) mass is 262 g/mol. The Bertz CT molecular complexity index is 394. The maximum atomic E-state index is 12.9. The molecule has 0 unspecified atom stereocenters. The molecule has 0 atom stereocenters. The van der Waals surface area contributed by atoms with E-state index in [9.17, 15) is 13.6 Å². The zero-order chi connectivity index (χ0) is 12.8. The number of halogens is 3. The summed E-state index contributed by atoms with van der Waals surface area (Å²) in [6, 6.07) is 4.56. The van der Waals surface area contributed by atoms with Gasteiger partial charge in [0.25, 0.3) is 6.43 Å². The van der Waals surface area contributed by atoms with Crippen LogP contribution in [0.2, 0.25) is 0 Å². The molecule has 0 N–H and O–H groups in total. The van der Waals surface area contributed by atoms with Gasteiger partial charge in [0.2, 0.25) is 0 Å². The van der Waals surface area contributed by atoms with E-state index in [0.29, 0.717) is 6.61 Å². The van der Waals surface area contributed by atoms with Gasteiger partial charge in [-0.25, -0.2) is 8.78 Å². The molecular formula is C12H13ClF2O2. The predicted molar refractivity (Wildman–Crippen MR) is 62.0 cm³/mol. The van der Waals surface area contributed by atoms with Gasteiger partial charge >= 0.3 is 0 Å². The van der Waals surface area contributed by atoms with Crippen molar-refractivity contribution in [3.05, 3.63) is 29.3 Å². The van der Waals surface area contributed by atoms with Crippen LogP contribution in [0, 0.1) is 0 Å². The highest BCUT2D eigenvalue weighted by atomic mass is 35.5. The van der Waals surface area contributed by atoms with Crippen molar-refractivity contribution < 1.29 is 18.3 Å². The van der Waals surface area contributed by atoms with E-state index in [1.807, 2.05) is 0 Å². The largest absolute Gasteiger partial charge is 0.493 e. The highest BCUT2D eigenvalue weighted by Gasteiger charge is 2.20. The highest BCUT2D eigenvalue weighted by molar-refractivity contribution is 6.27. The Kier molecular flexibility index (Phi) is 5.35. The number of ketones is 1. The zero-order valence-electron chi connectivity index (χ0n) is 9.38. The van der Waals surface area contributed by atoms with Crippen molar-refractivity contribution in [3.63, 3.8) is 0 Å². The molecule has 2 nitrogen and oxygen atoms in total. The van der Waals surface area contributed by atoms with Crippen LogP contribution in [-0.4, -0.2) is 18.3 Å². The van der Waals surface area contributed by atoms with Crippen molar-refractivity contribution in [1.82, 2.24) is 0 Å². The van der Waals surface area contributed by atoms with E-state index in [-0.39, 0.29) is 35.0 Å². The molecule has 1 rings (SSSR count). The Morgan fingerprint density at radius 2 is 2.18 bits per heavy atom. The summed E-state index contributed by atoms with van der Waals surface area (Å²) in [5, 5.41) is 0. The standard InChI is InChI=1S/C12H13ClF2O2/c1-2-17-10-5-3-4-8(6-9(16)7-13)11(10)12(14)15/h3-5,12H,2,6-7H2,1H3. The minimum atomic E-state index is -2.67. The first kappa shape index (κ1) is 13.9. The Morgan fingerprint density at radius 3 is 2.71 bits per heavy atom. The van der Waals surface area contributed by atoms with Crippen molar-refractivity contribution in [1.29, 1.82) is 0 Å². The van der Waals surface area contributed by atoms with Crippen LogP contribution < -0.4 is 4.74 Å². The summed E-state index contributed by atoms with van der Waals surface area (Å²) in [5.74, 6) is -0.341. The Labute approximate surface area is 104 Å². The van der Waals surface area contributed by atoms with E-state index in [0.717, 1.165) is 0 Å². The van der Waals surface area contributed by atoms with Gasteiger partial charge in [0.15, 0.2) is 5.78 Å². The molecule has 0 aliphatic carbocycles. The summed E-state index contributed by atoms with van der Waals surface area (Å²) in [6.07, 6.45) is -2.76. The molecule has 0 aliphatic rings. The molecule has 1 aromatic rings. The molecule has 0 bridgehead atoms. The average Bonchev–Trinajstić information content (AvgIpc) is 2.29. The van der Waals surface area contributed by atoms with Crippen LogP contribution in [0.5, 0.6) is 5.75 Å². The lowest BCUT2D eigenvalue weighted by molar-refractivity contribution is -0.116. The third-order valence-electron chi connectivity index (χ3n) is 2.21. The average molecular weight is 263 g/mol. The van der Waals surface area contributed by atoms with Gasteiger partial charge < -0.3 is 4.74 Å². The van der Waals surface area contributed by atoms with E-state index in [1.54, 1.807) is 13.0 Å². The molecule has 0 saturated carbocycles. The van der Waals surface area contributed by atoms with Crippen molar-refractivity contribution >= 4 is 17.4 Å². The van der Waals surface area contributed by atoms with Gasteiger partial charge in [0.05, 0.1) is 18.1 Å². The first-order valence-electron chi connectivity index (χ1n) is 5.20. The minimum absolute atomic E-state index is 0.0932. The maximum Gasteiger partial charge on any atom is 0.267 e. The second-order valence-corrected chi connectivity index (χ2v) is 3.68. The molecule has 0 spiro atoms. The molecule has 5 heteroatoms. The first-order valence-corrected chi connectivity index (χ1v) is 5.74. The molecule has 0 radical (unpaired) electrons. The normalized spacial score (nSPS) is 10.6. The first-order chi connectivity index (χ1) is 8.10. The van der Waals surface area contributed by atoms with Crippen LogP contribution in [0.1, 0.15) is 24.5 Å². The number of benzene rings is 1. The zero-order valence-corrected chi connectivity index (χ0v) is 10.1. The summed E-state index contributed by atoms with van der Waals surface area (Å²) >= 11 is 5.37. The third kappa shape index (κ3) is 3.66. The van der Waals surface area contributed by atoms with Gasteiger partial charge in [-0.05, 0) is 18.6 Å². The second-order valence-electron chi connectivity index (χ2n) is 3.41. The molecule has 0 aliphatic heterocycles. The fourth-order valence-electron chi connectivity index (χ4n) is 1.53. The summed E-state index contributed by atoms with van der Waals surface area (Å²) in [5.41, 5.74) is 0.0596. The Morgan fingerprint density at radius 1 is 1.47 bits per heavy atom. The molecule has 0 fully saturated rings. The highest BCUT2D eigenvalue weighted by Crippen LogP contribution is 2.32. The van der Waals surface area contributed by atoms with Crippen LogP contribution >= 0.6 is 11.6 Å². The Hall–Kier alpha value is -1.16. The number of carbonyl (C=O) groups excluding carboxylic acids is 1. The molecule has 0 amide bonds. The summed E-state index contributed by atoms with van der Waals surface area (Å²) in [6.45, 7) is 2.01. The summed E-state index contributed by atoms with van der Waals surface area (Å²) in [4.78, 5) is 11.2. The molecule has 0 heterocycles. The van der Waals surface area contributed by atoms with Gasteiger partial charge in [-0.15, -0.1) is 11.6 Å². The van der Waals surface area contributed by atoms with Crippen molar-refractivity contribution in [2.24, 2.45) is 0 Å². The smallest absolute Gasteiger partial charge is 0.267 e. The van der Waals surface area contributed by atoms with Crippen LogP contribution in [0.15, 0.2) is 18.2 Å². The molecular weight excluding hydrogens is 250 g/mol. The fraction of sp³-hybridized carbons (Fsp3) is 0.417. The molecule has 0 saturated heterocycles. The molecule has 1 aromatic carbocycles. The number of hydrogen-bond acceptors (Lipinski definition) is 2. The van der Waals surface area contributed by atoms with E-state index >= 15 is 0 Å². The number of hydrogen-bond donors (Lipinski definition) is 0. The third-order valence-corrected chi connectivity index (χ3v) is 2.51. The van der Waals surface area contributed by atoms with Crippen LogP contribution in [0.25, 0.3) is 0 Å². The number of Topliss-reactive ketones (excluding diaryl/α,β-unsaturated/α-hetero) is 1. The predicted octanol–water partition coefficient (Wildman–Crippen LogP) is 3.37. The van der Waals surface area contributed by atoms with Gasteiger partial charge in [0.1, 0.15) is 5.75 Å². The topological polar surface area (TPSA) is 26.3 Å². The van der Waals surface area contributed by atoms with Gasteiger partial charge in [0, 0.05) is 6.42 Å². The lowest BCUT2D eigenvalue weighted by Crippen LogP contribution is -2.08. The second kappa shape index (κ2) is 6.55. The maximum absolute atomic E-state index is 12.9. The molecule has 94 valence electrons. The van der Waals surface area contributed by atoms with Crippen molar-refractivity contribution in [3.8, 4) is 5.75 Å². The number of rotatable bonds is 6. The van der Waals surface area contributed by atoms with E-state index in [2.05, 4.69) is 0 Å². The van der Waals surface area contributed by atoms with Gasteiger partial charge in [-0.3, -0.25) is 4.79 Å². The lowest BCUT2D eigenvalue weighted by Gasteiger charge is -2.13. The van der Waals surface area contributed by atoms with Crippen molar-refractivity contribution in [2.45, 2.75) is 19.8 Å². The number of alkyl halides is 3. The van der Waals surface area contributed by atoms with E-state index in [4.69, 9.17) is 16.3 Å². The fourth-order valence-corrected chi connectivity index (χ4v) is 1.63. The minimum Gasteiger partial charge on any atom is -0.493 e. The molecule has 0 aromatic heterocycles. The summed E-state index contributed by atoms with van der Waals surface area (Å²) < 4.78 is 31.0. The lowest BCUT2D eigenvalue weighted by atomic mass is 10.0. The van der Waals surface area contributed by atoms with E-state index in [1.165, 1.54) is 12.1 Å². The van der Waals surface area contributed by atoms with Crippen molar-refractivity contribution in [2.75, 3.05) is 12.5 Å². The van der Waals surface area contributed by atoms with Crippen LogP contribution in [0.3, 0.4) is 0 Å².